The van der Waals surface area contributed by atoms with Gasteiger partial charge in [0.1, 0.15) is 11.4 Å². The molecule has 3 aromatic rings. The van der Waals surface area contributed by atoms with Crippen LogP contribution < -0.4 is 10.1 Å². The second-order valence-corrected chi connectivity index (χ2v) is 7.94. The molecule has 2 N–H and O–H groups in total. The van der Waals surface area contributed by atoms with Crippen LogP contribution in [0.4, 0.5) is 0 Å². The second kappa shape index (κ2) is 6.78. The first-order valence-electron chi connectivity index (χ1n) is 9.21. The molecule has 4 rings (SSSR count). The Morgan fingerprint density at radius 1 is 1.21 bits per heavy atom. The van der Waals surface area contributed by atoms with Crippen molar-refractivity contribution in [3.63, 3.8) is 0 Å². The number of benzene rings is 1. The quantitative estimate of drug-likeness (QED) is 0.723. The van der Waals surface area contributed by atoms with Gasteiger partial charge in [0.2, 0.25) is 0 Å². The lowest BCUT2D eigenvalue weighted by Gasteiger charge is -2.17. The van der Waals surface area contributed by atoms with Gasteiger partial charge in [-0.05, 0) is 18.1 Å². The summed E-state index contributed by atoms with van der Waals surface area (Å²) in [4.78, 5) is 24.6. The summed E-state index contributed by atoms with van der Waals surface area (Å²) in [5.41, 5.74) is 1.92. The van der Waals surface area contributed by atoms with Gasteiger partial charge in [0, 0.05) is 23.6 Å². The van der Waals surface area contributed by atoms with Crippen LogP contribution in [0.5, 0.6) is 5.75 Å². The van der Waals surface area contributed by atoms with Crippen LogP contribution in [-0.2, 0) is 11.8 Å². The van der Waals surface area contributed by atoms with E-state index in [1.807, 2.05) is 45.0 Å². The first-order valence-corrected chi connectivity index (χ1v) is 9.21. The Labute approximate surface area is 162 Å². The molecule has 2 aromatic heterocycles. The molecule has 1 aliphatic rings. The molecule has 1 amide bonds. The maximum atomic E-state index is 12.6. The molecule has 1 atom stereocenters. The summed E-state index contributed by atoms with van der Waals surface area (Å²) in [6.07, 6.45) is 0.613. The van der Waals surface area contributed by atoms with E-state index in [4.69, 9.17) is 9.26 Å². The normalized spacial score (nSPS) is 17.0. The molecule has 28 heavy (non-hydrogen) atoms. The maximum absolute atomic E-state index is 12.6. The van der Waals surface area contributed by atoms with Crippen LogP contribution in [0.3, 0.4) is 0 Å². The van der Waals surface area contributed by atoms with E-state index in [2.05, 4.69) is 25.4 Å². The van der Waals surface area contributed by atoms with Gasteiger partial charge < -0.3 is 19.6 Å². The molecular formula is C20H23N5O3. The van der Waals surface area contributed by atoms with Gasteiger partial charge in [0.15, 0.2) is 11.6 Å². The zero-order valence-corrected chi connectivity index (χ0v) is 16.4. The molecule has 8 heteroatoms. The highest BCUT2D eigenvalue weighted by molar-refractivity contribution is 5.94. The van der Waals surface area contributed by atoms with Gasteiger partial charge in [-0.15, -0.1) is 0 Å². The third kappa shape index (κ3) is 3.26. The molecule has 0 bridgehead atoms. The number of methoxy groups -OCH3 is 1. The predicted molar refractivity (Wildman–Crippen MR) is 102 cm³/mol. The Morgan fingerprint density at radius 3 is 2.71 bits per heavy atom. The van der Waals surface area contributed by atoms with E-state index in [-0.39, 0.29) is 23.1 Å². The number of amides is 1. The molecule has 3 heterocycles. The van der Waals surface area contributed by atoms with Crippen molar-refractivity contribution in [2.45, 2.75) is 38.5 Å². The molecule has 1 aromatic carbocycles. The number of hydrogen-bond acceptors (Lipinski definition) is 6. The number of hydrogen-bond donors (Lipinski definition) is 2. The molecule has 0 aliphatic carbocycles. The van der Waals surface area contributed by atoms with Crippen LogP contribution in [0, 0.1) is 0 Å². The highest BCUT2D eigenvalue weighted by Gasteiger charge is 2.29. The van der Waals surface area contributed by atoms with Crippen molar-refractivity contribution in [3.8, 4) is 17.5 Å². The number of fused-ring (bicyclic) bond motifs is 1. The topological polar surface area (TPSA) is 106 Å². The van der Waals surface area contributed by atoms with Gasteiger partial charge in [-0.2, -0.15) is 4.98 Å². The van der Waals surface area contributed by atoms with Gasteiger partial charge in [0.05, 0.1) is 7.11 Å². The largest absolute Gasteiger partial charge is 0.496 e. The Balaban J connectivity index is 1.69. The summed E-state index contributed by atoms with van der Waals surface area (Å²) >= 11 is 0. The number of nitrogens with zero attached hydrogens (tertiary/aromatic N) is 3. The molecular weight excluding hydrogens is 358 g/mol. The lowest BCUT2D eigenvalue weighted by atomic mass is 9.93. The van der Waals surface area contributed by atoms with E-state index in [0.29, 0.717) is 30.3 Å². The smallest absolute Gasteiger partial charge is 0.293 e. The fourth-order valence-electron chi connectivity index (χ4n) is 3.31. The molecule has 1 aliphatic heterocycles. The van der Waals surface area contributed by atoms with Gasteiger partial charge in [-0.3, -0.25) is 4.79 Å². The molecule has 146 valence electrons. The number of aromatic nitrogens is 4. The zero-order valence-electron chi connectivity index (χ0n) is 16.4. The molecule has 0 saturated heterocycles. The Morgan fingerprint density at radius 2 is 2.00 bits per heavy atom. The van der Waals surface area contributed by atoms with Crippen LogP contribution in [0.1, 0.15) is 54.3 Å². The van der Waals surface area contributed by atoms with Crippen molar-refractivity contribution in [1.82, 2.24) is 25.4 Å². The minimum absolute atomic E-state index is 0.0578. The fourth-order valence-corrected chi connectivity index (χ4v) is 3.31. The first kappa shape index (κ1) is 18.2. The molecule has 0 radical (unpaired) electrons. The third-order valence-corrected chi connectivity index (χ3v) is 4.83. The van der Waals surface area contributed by atoms with Crippen molar-refractivity contribution in [2.24, 2.45) is 0 Å². The number of ether oxygens (including phenoxy) is 1. The molecule has 0 spiro atoms. The molecule has 0 fully saturated rings. The van der Waals surface area contributed by atoms with Gasteiger partial charge in [-0.25, -0.2) is 4.98 Å². The van der Waals surface area contributed by atoms with Crippen LogP contribution in [0.25, 0.3) is 11.7 Å². The number of H-pyrrole nitrogens is 1. The highest BCUT2D eigenvalue weighted by atomic mass is 16.5. The molecule has 0 unspecified atom stereocenters. The minimum atomic E-state index is -0.238. The number of rotatable bonds is 3. The lowest BCUT2D eigenvalue weighted by molar-refractivity contribution is 0.0950. The number of imidazole rings is 1. The summed E-state index contributed by atoms with van der Waals surface area (Å²) in [5, 5.41) is 6.98. The van der Waals surface area contributed by atoms with Crippen molar-refractivity contribution >= 4 is 5.91 Å². The number of carbonyl (C=O) groups excluding carboxylic acids is 1. The maximum Gasteiger partial charge on any atom is 0.293 e. The van der Waals surface area contributed by atoms with Crippen LogP contribution >= 0.6 is 0 Å². The molecule has 8 nitrogen and oxygen atoms in total. The highest BCUT2D eigenvalue weighted by Crippen LogP contribution is 2.32. The number of nitrogens with one attached hydrogen (secondary N) is 2. The Kier molecular flexibility index (Phi) is 4.41. The van der Waals surface area contributed by atoms with Gasteiger partial charge >= 0.3 is 0 Å². The third-order valence-electron chi connectivity index (χ3n) is 4.83. The van der Waals surface area contributed by atoms with Gasteiger partial charge in [-0.1, -0.05) is 44.1 Å². The van der Waals surface area contributed by atoms with E-state index < -0.39 is 0 Å². The van der Waals surface area contributed by atoms with E-state index in [1.165, 1.54) is 0 Å². The van der Waals surface area contributed by atoms with E-state index >= 15 is 0 Å². The van der Waals surface area contributed by atoms with Crippen molar-refractivity contribution in [3.05, 3.63) is 47.0 Å². The van der Waals surface area contributed by atoms with Gasteiger partial charge in [0.25, 0.3) is 11.8 Å². The van der Waals surface area contributed by atoms with Crippen LogP contribution in [-0.4, -0.2) is 39.7 Å². The van der Waals surface area contributed by atoms with E-state index in [9.17, 15) is 4.79 Å². The summed E-state index contributed by atoms with van der Waals surface area (Å²) in [7, 11) is 1.65. The first-order chi connectivity index (χ1) is 13.4. The van der Waals surface area contributed by atoms with Crippen molar-refractivity contribution < 1.29 is 14.1 Å². The standard InChI is InChI=1S/C20H23N5O3/c1-20(2,3)19-24-18(28-25-19)16-22-13-9-11(10-21-17(26)15(13)23-16)12-7-5-6-8-14(12)27-4/h5-8,11H,9-10H2,1-4H3,(H,21,26)(H,22,23)/t11-/m0/s1. The minimum Gasteiger partial charge on any atom is -0.496 e. The van der Waals surface area contributed by atoms with E-state index in [0.717, 1.165) is 17.0 Å². The number of carbonyl (C=O) groups is 1. The summed E-state index contributed by atoms with van der Waals surface area (Å²) < 4.78 is 10.9. The van der Waals surface area contributed by atoms with Crippen molar-refractivity contribution in [2.75, 3.05) is 13.7 Å². The Bertz CT molecular complexity index is 1020. The fraction of sp³-hybridized carbons (Fsp3) is 0.400. The number of para-hydroxylation sites is 1. The second-order valence-electron chi connectivity index (χ2n) is 7.94. The SMILES string of the molecule is COc1ccccc1[C@@H]1CNC(=O)c2nc(-c3nc(C(C)(C)C)no3)[nH]c2C1. The van der Waals surface area contributed by atoms with Crippen LogP contribution in [0.2, 0.25) is 0 Å². The van der Waals surface area contributed by atoms with E-state index in [1.54, 1.807) is 7.11 Å². The average molecular weight is 381 g/mol. The zero-order chi connectivity index (χ0) is 19.9. The summed E-state index contributed by atoms with van der Waals surface area (Å²) in [6.45, 7) is 6.52. The number of aromatic amines is 1. The molecule has 0 saturated carbocycles. The monoisotopic (exact) mass is 381 g/mol. The predicted octanol–water partition coefficient (Wildman–Crippen LogP) is 2.84. The summed E-state index contributed by atoms with van der Waals surface area (Å²) in [6, 6.07) is 7.84. The summed E-state index contributed by atoms with van der Waals surface area (Å²) in [5.74, 6) is 1.92. The average Bonchev–Trinajstić information content (AvgIpc) is 3.29. The van der Waals surface area contributed by atoms with Crippen molar-refractivity contribution in [1.29, 1.82) is 0 Å². The van der Waals surface area contributed by atoms with Crippen LogP contribution in [0.15, 0.2) is 28.8 Å². The lowest BCUT2D eigenvalue weighted by Crippen LogP contribution is -2.26. The Hall–Kier alpha value is -3.16.